The third-order valence-electron chi connectivity index (χ3n) is 3.41. The minimum Gasteiger partial charge on any atom is -0.490 e. The topological polar surface area (TPSA) is 64.4 Å². The molecular formula is C17H24N4O2S. The predicted molar refractivity (Wildman–Crippen MR) is 97.8 cm³/mol. The van der Waals surface area contributed by atoms with Gasteiger partial charge in [-0.1, -0.05) is 19.8 Å². The molecule has 0 saturated carbocycles. The molecule has 0 saturated heterocycles. The van der Waals surface area contributed by atoms with E-state index in [0.29, 0.717) is 23.8 Å². The third-order valence-corrected chi connectivity index (χ3v) is 3.67. The SMILES string of the molecule is CCCCCOc1ccc(/C=N\n2c(C)n[nH]c2=S)cc1OCC. The highest BCUT2D eigenvalue weighted by Crippen LogP contribution is 2.28. The van der Waals surface area contributed by atoms with Crippen molar-refractivity contribution in [3.05, 3.63) is 34.4 Å². The number of nitrogens with zero attached hydrogens (tertiary/aromatic N) is 3. The summed E-state index contributed by atoms with van der Waals surface area (Å²) in [4.78, 5) is 0. The summed E-state index contributed by atoms with van der Waals surface area (Å²) in [6.07, 6.45) is 5.11. The molecule has 0 radical (unpaired) electrons. The molecular weight excluding hydrogens is 324 g/mol. The molecule has 0 atom stereocenters. The molecule has 130 valence electrons. The Morgan fingerprint density at radius 3 is 2.75 bits per heavy atom. The Balaban J connectivity index is 2.14. The van der Waals surface area contributed by atoms with Crippen LogP contribution in [-0.2, 0) is 0 Å². The van der Waals surface area contributed by atoms with Gasteiger partial charge < -0.3 is 9.47 Å². The summed E-state index contributed by atoms with van der Waals surface area (Å²) >= 11 is 5.13. The zero-order chi connectivity index (χ0) is 17.4. The molecule has 1 N–H and O–H groups in total. The van der Waals surface area contributed by atoms with Gasteiger partial charge in [0.15, 0.2) is 11.5 Å². The number of rotatable bonds is 9. The molecule has 0 fully saturated rings. The maximum atomic E-state index is 5.83. The molecule has 0 aliphatic carbocycles. The Morgan fingerprint density at radius 1 is 1.25 bits per heavy atom. The average molecular weight is 348 g/mol. The highest BCUT2D eigenvalue weighted by molar-refractivity contribution is 7.71. The second-order valence-corrected chi connectivity index (χ2v) is 5.71. The van der Waals surface area contributed by atoms with Crippen LogP contribution in [0, 0.1) is 11.7 Å². The van der Waals surface area contributed by atoms with Crippen LogP contribution in [0.15, 0.2) is 23.3 Å². The highest BCUT2D eigenvalue weighted by Gasteiger charge is 2.06. The van der Waals surface area contributed by atoms with Crippen molar-refractivity contribution in [2.75, 3.05) is 13.2 Å². The summed E-state index contributed by atoms with van der Waals surface area (Å²) in [6.45, 7) is 7.24. The van der Waals surface area contributed by atoms with E-state index in [4.69, 9.17) is 21.7 Å². The van der Waals surface area contributed by atoms with Crippen molar-refractivity contribution in [2.24, 2.45) is 5.10 Å². The number of hydrogen-bond donors (Lipinski definition) is 1. The molecule has 0 aliphatic rings. The molecule has 2 aromatic rings. The lowest BCUT2D eigenvalue weighted by Gasteiger charge is -2.12. The zero-order valence-corrected chi connectivity index (χ0v) is 15.2. The third kappa shape index (κ3) is 4.92. The lowest BCUT2D eigenvalue weighted by atomic mass is 10.2. The van der Waals surface area contributed by atoms with Crippen molar-refractivity contribution < 1.29 is 9.47 Å². The summed E-state index contributed by atoms with van der Waals surface area (Å²) in [5.41, 5.74) is 0.904. The van der Waals surface area contributed by atoms with Crippen LogP contribution in [0.5, 0.6) is 11.5 Å². The molecule has 0 amide bonds. The predicted octanol–water partition coefficient (Wildman–Crippen LogP) is 4.10. The van der Waals surface area contributed by atoms with Gasteiger partial charge in [-0.2, -0.15) is 14.9 Å². The van der Waals surface area contributed by atoms with Gasteiger partial charge in [-0.25, -0.2) is 0 Å². The molecule has 1 aromatic carbocycles. The fourth-order valence-electron chi connectivity index (χ4n) is 2.16. The van der Waals surface area contributed by atoms with E-state index in [1.165, 1.54) is 12.8 Å². The van der Waals surface area contributed by atoms with E-state index < -0.39 is 0 Å². The Bertz CT molecular complexity index is 736. The van der Waals surface area contributed by atoms with Crippen molar-refractivity contribution >= 4 is 18.4 Å². The number of hydrogen-bond acceptors (Lipinski definition) is 5. The first-order valence-electron chi connectivity index (χ1n) is 8.23. The largest absolute Gasteiger partial charge is 0.490 e. The molecule has 0 bridgehead atoms. The van der Waals surface area contributed by atoms with Crippen LogP contribution in [0.25, 0.3) is 0 Å². The molecule has 2 rings (SSSR count). The minimum atomic E-state index is 0.463. The molecule has 0 unspecified atom stereocenters. The van der Waals surface area contributed by atoms with Crippen molar-refractivity contribution in [3.63, 3.8) is 0 Å². The van der Waals surface area contributed by atoms with Crippen LogP contribution in [-0.4, -0.2) is 34.3 Å². The van der Waals surface area contributed by atoms with Crippen LogP contribution in [0.2, 0.25) is 0 Å². The van der Waals surface area contributed by atoms with Gasteiger partial charge in [0.05, 0.1) is 19.4 Å². The average Bonchev–Trinajstić information content (AvgIpc) is 2.90. The first kappa shape index (κ1) is 18.2. The molecule has 1 heterocycles. The van der Waals surface area contributed by atoms with Gasteiger partial charge in [0, 0.05) is 0 Å². The smallest absolute Gasteiger partial charge is 0.216 e. The van der Waals surface area contributed by atoms with E-state index in [9.17, 15) is 0 Å². The second kappa shape index (κ2) is 9.22. The first-order chi connectivity index (χ1) is 11.7. The van der Waals surface area contributed by atoms with Crippen molar-refractivity contribution in [1.29, 1.82) is 0 Å². The maximum Gasteiger partial charge on any atom is 0.216 e. The lowest BCUT2D eigenvalue weighted by molar-refractivity contribution is 0.271. The number of aromatic nitrogens is 3. The van der Waals surface area contributed by atoms with E-state index in [-0.39, 0.29) is 0 Å². The number of ether oxygens (including phenoxy) is 2. The van der Waals surface area contributed by atoms with Gasteiger partial charge in [0.1, 0.15) is 5.82 Å². The number of nitrogens with one attached hydrogen (secondary N) is 1. The zero-order valence-electron chi connectivity index (χ0n) is 14.4. The number of benzene rings is 1. The molecule has 0 spiro atoms. The van der Waals surface area contributed by atoms with Crippen molar-refractivity contribution in [3.8, 4) is 11.5 Å². The number of H-pyrrole nitrogens is 1. The van der Waals surface area contributed by atoms with Gasteiger partial charge in [-0.05, 0) is 56.2 Å². The second-order valence-electron chi connectivity index (χ2n) is 5.33. The van der Waals surface area contributed by atoms with Crippen molar-refractivity contribution in [1.82, 2.24) is 14.9 Å². The number of aromatic amines is 1. The van der Waals surface area contributed by atoms with Gasteiger partial charge >= 0.3 is 0 Å². The van der Waals surface area contributed by atoms with E-state index in [2.05, 4.69) is 22.2 Å². The van der Waals surface area contributed by atoms with Crippen LogP contribution >= 0.6 is 12.2 Å². The molecule has 6 nitrogen and oxygen atoms in total. The number of unbranched alkanes of at least 4 members (excludes halogenated alkanes) is 2. The van der Waals surface area contributed by atoms with Gasteiger partial charge in [0.2, 0.25) is 4.77 Å². The van der Waals surface area contributed by atoms with E-state index in [0.717, 1.165) is 23.5 Å². The first-order valence-corrected chi connectivity index (χ1v) is 8.64. The Morgan fingerprint density at radius 2 is 2.08 bits per heavy atom. The van der Waals surface area contributed by atoms with E-state index >= 15 is 0 Å². The standard InChI is InChI=1S/C17H24N4O2S/c1-4-6-7-10-23-15-9-8-14(11-16(15)22-5-2)12-18-21-13(3)19-20-17(21)24/h8-9,11-12H,4-7,10H2,1-3H3,(H,20,24)/b18-12-. The summed E-state index contributed by atoms with van der Waals surface area (Å²) in [6, 6.07) is 5.78. The van der Waals surface area contributed by atoms with E-state index in [1.54, 1.807) is 10.9 Å². The molecule has 7 heteroatoms. The van der Waals surface area contributed by atoms with Crippen molar-refractivity contribution in [2.45, 2.75) is 40.0 Å². The lowest BCUT2D eigenvalue weighted by Crippen LogP contribution is -2.02. The molecule has 1 aromatic heterocycles. The quantitative estimate of drug-likeness (QED) is 0.421. The Labute approximate surface area is 147 Å². The fourth-order valence-corrected chi connectivity index (χ4v) is 2.38. The fraction of sp³-hybridized carbons (Fsp3) is 0.471. The normalized spacial score (nSPS) is 11.1. The summed E-state index contributed by atoms with van der Waals surface area (Å²) in [7, 11) is 0. The number of aryl methyl sites for hydroxylation is 1. The monoisotopic (exact) mass is 348 g/mol. The summed E-state index contributed by atoms with van der Waals surface area (Å²) in [5, 5.41) is 11.1. The highest BCUT2D eigenvalue weighted by atomic mass is 32.1. The van der Waals surface area contributed by atoms with Crippen LogP contribution in [0.4, 0.5) is 0 Å². The maximum absolute atomic E-state index is 5.83. The molecule has 24 heavy (non-hydrogen) atoms. The molecule has 0 aliphatic heterocycles. The van der Waals surface area contributed by atoms with Gasteiger partial charge in [-0.3, -0.25) is 5.10 Å². The Kier molecular flexibility index (Phi) is 6.99. The van der Waals surface area contributed by atoms with E-state index in [1.807, 2.05) is 32.0 Å². The van der Waals surface area contributed by atoms with Gasteiger partial charge in [-0.15, -0.1) is 0 Å². The van der Waals surface area contributed by atoms with Crippen LogP contribution in [0.3, 0.4) is 0 Å². The van der Waals surface area contributed by atoms with Crippen LogP contribution in [0.1, 0.15) is 44.5 Å². The van der Waals surface area contributed by atoms with Gasteiger partial charge in [0.25, 0.3) is 0 Å². The summed E-state index contributed by atoms with van der Waals surface area (Å²) < 4.78 is 13.6. The minimum absolute atomic E-state index is 0.463. The summed E-state index contributed by atoms with van der Waals surface area (Å²) in [5.74, 6) is 2.20. The Hall–Kier alpha value is -2.15. The van der Waals surface area contributed by atoms with Crippen LogP contribution < -0.4 is 9.47 Å².